The molecule has 1 saturated carbocycles. The second-order valence-electron chi connectivity index (χ2n) is 6.30. The minimum atomic E-state index is 0.0219. The summed E-state index contributed by atoms with van der Waals surface area (Å²) in [6.45, 7) is 5.16. The summed E-state index contributed by atoms with van der Waals surface area (Å²) in [6, 6.07) is 5.71. The zero-order valence-electron chi connectivity index (χ0n) is 13.2. The van der Waals surface area contributed by atoms with Crippen LogP contribution in [0.4, 0.5) is 0 Å². The Bertz CT molecular complexity index is 492. The van der Waals surface area contributed by atoms with E-state index in [0.717, 1.165) is 30.2 Å². The molecule has 1 aliphatic carbocycles. The Kier molecular flexibility index (Phi) is 5.23. The molecule has 2 atom stereocenters. The average molecular weight is 290 g/mol. The smallest absolute Gasteiger partial charge is 0.129 e. The highest BCUT2D eigenvalue weighted by Gasteiger charge is 2.24. The van der Waals surface area contributed by atoms with Crippen molar-refractivity contribution in [1.29, 1.82) is 5.41 Å². The lowest BCUT2D eigenvalue weighted by Crippen LogP contribution is -2.26. The molecule has 1 aromatic carbocycles. The molecule has 21 heavy (non-hydrogen) atoms. The number of hydrogen-bond donors (Lipinski definition) is 2. The number of rotatable bonds is 5. The maximum absolute atomic E-state index is 7.61. The van der Waals surface area contributed by atoms with Gasteiger partial charge in [-0.25, -0.2) is 0 Å². The highest BCUT2D eigenvalue weighted by Crippen LogP contribution is 2.31. The number of nitrogens with one attached hydrogen (secondary N) is 1. The third-order valence-corrected chi connectivity index (χ3v) is 4.18. The second kappa shape index (κ2) is 6.94. The summed E-state index contributed by atoms with van der Waals surface area (Å²) in [6.07, 6.45) is 3.92. The fraction of sp³-hybridized carbons (Fsp3) is 0.588. The van der Waals surface area contributed by atoms with Crippen molar-refractivity contribution in [3.63, 3.8) is 0 Å². The van der Waals surface area contributed by atoms with Crippen molar-refractivity contribution in [2.24, 2.45) is 17.6 Å². The molecular formula is C17H26N2O2. The van der Waals surface area contributed by atoms with Gasteiger partial charge in [0.05, 0.1) is 25.4 Å². The highest BCUT2D eigenvalue weighted by molar-refractivity contribution is 5.97. The quantitative estimate of drug-likeness (QED) is 0.645. The molecule has 2 rings (SSSR count). The Hall–Kier alpha value is -1.55. The Balaban J connectivity index is 2.00. The normalized spacial score (nSPS) is 25.6. The predicted octanol–water partition coefficient (Wildman–Crippen LogP) is 3.32. The summed E-state index contributed by atoms with van der Waals surface area (Å²) in [7, 11) is 1.59. The summed E-state index contributed by atoms with van der Waals surface area (Å²) < 4.78 is 11.3. The van der Waals surface area contributed by atoms with Crippen molar-refractivity contribution in [1.82, 2.24) is 0 Å². The first kappa shape index (κ1) is 15.8. The second-order valence-corrected chi connectivity index (χ2v) is 6.30. The van der Waals surface area contributed by atoms with Gasteiger partial charge in [0.1, 0.15) is 11.6 Å². The van der Waals surface area contributed by atoms with Gasteiger partial charge in [-0.1, -0.05) is 19.9 Å². The van der Waals surface area contributed by atoms with Crippen LogP contribution in [0.3, 0.4) is 0 Å². The van der Waals surface area contributed by atoms with Crippen molar-refractivity contribution in [3.8, 4) is 5.75 Å². The Morgan fingerprint density at radius 3 is 2.48 bits per heavy atom. The fourth-order valence-corrected chi connectivity index (χ4v) is 3.28. The van der Waals surface area contributed by atoms with E-state index in [1.165, 1.54) is 6.42 Å². The van der Waals surface area contributed by atoms with Crippen LogP contribution in [0.1, 0.15) is 44.2 Å². The number of benzene rings is 1. The van der Waals surface area contributed by atoms with Crippen molar-refractivity contribution in [2.45, 2.75) is 45.8 Å². The molecule has 3 N–H and O–H groups in total. The van der Waals surface area contributed by atoms with Crippen molar-refractivity contribution >= 4 is 5.84 Å². The molecule has 4 nitrogen and oxygen atoms in total. The molecule has 1 aliphatic rings. The van der Waals surface area contributed by atoms with Crippen LogP contribution in [-0.4, -0.2) is 19.0 Å². The van der Waals surface area contributed by atoms with E-state index in [-0.39, 0.29) is 5.84 Å². The van der Waals surface area contributed by atoms with Crippen LogP contribution in [0.5, 0.6) is 5.75 Å². The number of hydrogen-bond acceptors (Lipinski definition) is 3. The zero-order valence-corrected chi connectivity index (χ0v) is 13.2. The van der Waals surface area contributed by atoms with E-state index in [2.05, 4.69) is 13.8 Å². The van der Waals surface area contributed by atoms with Crippen molar-refractivity contribution in [3.05, 3.63) is 29.3 Å². The summed E-state index contributed by atoms with van der Waals surface area (Å²) in [5.41, 5.74) is 7.26. The largest absolute Gasteiger partial charge is 0.496 e. The van der Waals surface area contributed by atoms with Crippen LogP contribution in [0, 0.1) is 17.2 Å². The van der Waals surface area contributed by atoms with Crippen molar-refractivity contribution < 1.29 is 9.47 Å². The van der Waals surface area contributed by atoms with Crippen LogP contribution in [-0.2, 0) is 11.3 Å². The molecule has 0 radical (unpaired) electrons. The van der Waals surface area contributed by atoms with Gasteiger partial charge in [0.25, 0.3) is 0 Å². The maximum atomic E-state index is 7.61. The molecule has 0 aromatic heterocycles. The SMILES string of the molecule is COc1ccc(COC2CC(C)CC(C)C2)cc1C(=N)N. The van der Waals surface area contributed by atoms with Crippen LogP contribution >= 0.6 is 0 Å². The van der Waals surface area contributed by atoms with Crippen LogP contribution in [0.15, 0.2) is 18.2 Å². The lowest BCUT2D eigenvalue weighted by Gasteiger charge is -2.31. The minimum absolute atomic E-state index is 0.0219. The van der Waals surface area contributed by atoms with Gasteiger partial charge in [-0.3, -0.25) is 5.41 Å². The number of nitrogens with two attached hydrogens (primary N) is 1. The van der Waals surface area contributed by atoms with Gasteiger partial charge < -0.3 is 15.2 Å². The molecule has 2 unspecified atom stereocenters. The predicted molar refractivity (Wildman–Crippen MR) is 84.8 cm³/mol. The molecule has 0 bridgehead atoms. The van der Waals surface area contributed by atoms with Gasteiger partial charge in [0.15, 0.2) is 0 Å². The number of amidine groups is 1. The van der Waals surface area contributed by atoms with E-state index >= 15 is 0 Å². The fourth-order valence-electron chi connectivity index (χ4n) is 3.28. The summed E-state index contributed by atoms with van der Waals surface area (Å²) in [4.78, 5) is 0. The molecular weight excluding hydrogens is 264 g/mol. The zero-order chi connectivity index (χ0) is 15.4. The minimum Gasteiger partial charge on any atom is -0.496 e. The molecule has 1 fully saturated rings. The third-order valence-electron chi connectivity index (χ3n) is 4.18. The van der Waals surface area contributed by atoms with E-state index in [1.54, 1.807) is 7.11 Å². The average Bonchev–Trinajstić information content (AvgIpc) is 2.43. The van der Waals surface area contributed by atoms with Crippen molar-refractivity contribution in [2.75, 3.05) is 7.11 Å². The molecule has 0 saturated heterocycles. The van der Waals surface area contributed by atoms with E-state index in [4.69, 9.17) is 20.6 Å². The number of nitrogen functional groups attached to an aromatic ring is 1. The first-order chi connectivity index (χ1) is 9.99. The maximum Gasteiger partial charge on any atom is 0.129 e. The topological polar surface area (TPSA) is 68.3 Å². The van der Waals surface area contributed by atoms with Gasteiger partial charge in [-0.2, -0.15) is 0 Å². The van der Waals surface area contributed by atoms with Gasteiger partial charge in [-0.15, -0.1) is 0 Å². The first-order valence-corrected chi connectivity index (χ1v) is 7.62. The standard InChI is InChI=1S/C17H26N2O2/c1-11-6-12(2)8-14(7-11)21-10-13-4-5-16(20-3)15(9-13)17(18)19/h4-5,9,11-12,14H,6-8,10H2,1-3H3,(H3,18,19). The highest BCUT2D eigenvalue weighted by atomic mass is 16.5. The van der Waals surface area contributed by atoms with E-state index in [1.807, 2.05) is 18.2 Å². The lowest BCUT2D eigenvalue weighted by atomic mass is 9.82. The monoisotopic (exact) mass is 290 g/mol. The molecule has 0 heterocycles. The van der Waals surface area contributed by atoms with E-state index < -0.39 is 0 Å². The van der Waals surface area contributed by atoms with Gasteiger partial charge >= 0.3 is 0 Å². The number of methoxy groups -OCH3 is 1. The molecule has 0 spiro atoms. The number of ether oxygens (including phenoxy) is 2. The summed E-state index contributed by atoms with van der Waals surface area (Å²) in [5, 5.41) is 7.61. The summed E-state index contributed by atoms with van der Waals surface area (Å²) >= 11 is 0. The molecule has 116 valence electrons. The van der Waals surface area contributed by atoms with Crippen LogP contribution < -0.4 is 10.5 Å². The van der Waals surface area contributed by atoms with Crippen LogP contribution in [0.25, 0.3) is 0 Å². The Labute approximate surface area is 127 Å². The van der Waals surface area contributed by atoms with Gasteiger partial charge in [0, 0.05) is 0 Å². The third kappa shape index (κ3) is 4.21. The van der Waals surface area contributed by atoms with Gasteiger partial charge in [-0.05, 0) is 48.8 Å². The van der Waals surface area contributed by atoms with Gasteiger partial charge in [0.2, 0.25) is 0 Å². The van der Waals surface area contributed by atoms with E-state index in [0.29, 0.717) is 24.0 Å². The lowest BCUT2D eigenvalue weighted by molar-refractivity contribution is -0.00916. The first-order valence-electron chi connectivity index (χ1n) is 7.62. The molecule has 4 heteroatoms. The molecule has 0 amide bonds. The Morgan fingerprint density at radius 1 is 1.24 bits per heavy atom. The van der Waals surface area contributed by atoms with E-state index in [9.17, 15) is 0 Å². The molecule has 0 aliphatic heterocycles. The van der Waals surface area contributed by atoms with Crippen LogP contribution in [0.2, 0.25) is 0 Å². The molecule has 1 aromatic rings. The Morgan fingerprint density at radius 2 is 1.90 bits per heavy atom. The summed E-state index contributed by atoms with van der Waals surface area (Å²) in [5.74, 6) is 2.13.